The van der Waals surface area contributed by atoms with E-state index in [1.807, 2.05) is 0 Å². The van der Waals surface area contributed by atoms with E-state index in [2.05, 4.69) is 0 Å². The Hall–Kier alpha value is -1.39. The molecule has 0 aromatic rings. The molecule has 0 aliphatic heterocycles. The van der Waals surface area contributed by atoms with Crippen LogP contribution in [0.25, 0.3) is 0 Å². The highest BCUT2D eigenvalue weighted by atomic mass is 16.5. The third-order valence-electron chi connectivity index (χ3n) is 3.03. The molecule has 5 nitrogen and oxygen atoms in total. The Balaban J connectivity index is 4.25. The van der Waals surface area contributed by atoms with Gasteiger partial charge in [0.05, 0.1) is 12.0 Å². The molecule has 0 fully saturated rings. The molecule has 0 saturated carbocycles. The first-order chi connectivity index (χ1) is 9.13. The maximum atomic E-state index is 11.9. The number of ether oxygens (including phenoxy) is 1. The second-order valence-electron chi connectivity index (χ2n) is 5.98. The molecule has 0 aliphatic carbocycles. The molecule has 0 spiro atoms. The molecule has 2 unspecified atom stereocenters. The Bertz CT molecular complexity index is 346. The van der Waals surface area contributed by atoms with Crippen molar-refractivity contribution in [3.8, 4) is 0 Å². The number of rotatable bonds is 9. The molecule has 0 amide bonds. The van der Waals surface area contributed by atoms with Crippen LogP contribution in [0.1, 0.15) is 53.9 Å². The van der Waals surface area contributed by atoms with Gasteiger partial charge in [-0.25, -0.2) is 0 Å². The fourth-order valence-electron chi connectivity index (χ4n) is 1.99. The molecule has 0 aromatic carbocycles. The number of Topliss-reactive ketones (excluding diaryl/α,β-unsaturated/α-hetero) is 1. The summed E-state index contributed by atoms with van der Waals surface area (Å²) in [7, 11) is 0. The van der Waals surface area contributed by atoms with E-state index in [9.17, 15) is 14.4 Å². The summed E-state index contributed by atoms with van der Waals surface area (Å²) in [5.74, 6) is -2.25. The molecule has 116 valence electrons. The maximum Gasteiger partial charge on any atom is 0.307 e. The van der Waals surface area contributed by atoms with Crippen LogP contribution in [0.3, 0.4) is 0 Å². The van der Waals surface area contributed by atoms with Crippen molar-refractivity contribution in [2.75, 3.05) is 0 Å². The van der Waals surface area contributed by atoms with Gasteiger partial charge in [0, 0.05) is 19.3 Å². The molecule has 0 aliphatic rings. The van der Waals surface area contributed by atoms with E-state index >= 15 is 0 Å². The molecule has 0 radical (unpaired) electrons. The summed E-state index contributed by atoms with van der Waals surface area (Å²) < 4.78 is 5.02. The average Bonchev–Trinajstić information content (AvgIpc) is 2.22. The van der Waals surface area contributed by atoms with Crippen LogP contribution in [0.5, 0.6) is 0 Å². The van der Waals surface area contributed by atoms with Crippen molar-refractivity contribution in [2.24, 2.45) is 17.8 Å². The van der Waals surface area contributed by atoms with Gasteiger partial charge in [-0.15, -0.1) is 0 Å². The van der Waals surface area contributed by atoms with E-state index in [-0.39, 0.29) is 49.0 Å². The molecule has 2 atom stereocenters. The summed E-state index contributed by atoms with van der Waals surface area (Å²) in [6, 6.07) is 0. The third kappa shape index (κ3) is 7.92. The molecule has 5 heteroatoms. The van der Waals surface area contributed by atoms with Gasteiger partial charge in [-0.1, -0.05) is 20.8 Å². The van der Waals surface area contributed by atoms with Crippen molar-refractivity contribution in [2.45, 2.75) is 60.0 Å². The first-order valence-electron chi connectivity index (χ1n) is 7.07. The molecule has 0 saturated heterocycles. The molecule has 0 bridgehead atoms. The first-order valence-corrected chi connectivity index (χ1v) is 7.07. The fourth-order valence-corrected chi connectivity index (χ4v) is 1.99. The smallest absolute Gasteiger partial charge is 0.307 e. The Morgan fingerprint density at radius 2 is 1.50 bits per heavy atom. The van der Waals surface area contributed by atoms with Crippen LogP contribution in [0, 0.1) is 17.8 Å². The fraction of sp³-hybridized carbons (Fsp3) is 0.800. The van der Waals surface area contributed by atoms with Crippen LogP contribution < -0.4 is 0 Å². The highest BCUT2D eigenvalue weighted by molar-refractivity contribution is 5.84. The van der Waals surface area contributed by atoms with Gasteiger partial charge in [-0.3, -0.25) is 14.4 Å². The second-order valence-corrected chi connectivity index (χ2v) is 5.98. The van der Waals surface area contributed by atoms with Gasteiger partial charge in [0.15, 0.2) is 0 Å². The quantitative estimate of drug-likeness (QED) is 0.659. The summed E-state index contributed by atoms with van der Waals surface area (Å²) in [5, 5.41) is 9.04. The summed E-state index contributed by atoms with van der Waals surface area (Å²) in [6.45, 7) is 8.91. The Labute approximate surface area is 120 Å². The normalized spacial score (nSPS) is 14.2. The Morgan fingerprint density at radius 3 is 1.90 bits per heavy atom. The number of hydrogen-bond acceptors (Lipinski definition) is 4. The monoisotopic (exact) mass is 286 g/mol. The summed E-state index contributed by atoms with van der Waals surface area (Å²) >= 11 is 0. The van der Waals surface area contributed by atoms with Crippen molar-refractivity contribution in [1.29, 1.82) is 0 Å². The van der Waals surface area contributed by atoms with E-state index in [1.54, 1.807) is 34.6 Å². The van der Waals surface area contributed by atoms with Crippen molar-refractivity contribution in [3.63, 3.8) is 0 Å². The molecule has 0 rings (SSSR count). The number of carbonyl (C=O) groups is 3. The number of aliphatic carboxylic acids is 1. The second kappa shape index (κ2) is 8.72. The zero-order chi connectivity index (χ0) is 15.9. The lowest BCUT2D eigenvalue weighted by molar-refractivity contribution is -0.149. The zero-order valence-corrected chi connectivity index (χ0v) is 13.0. The van der Waals surface area contributed by atoms with Crippen LogP contribution >= 0.6 is 0 Å². The molecular formula is C15H26O5. The van der Waals surface area contributed by atoms with Crippen molar-refractivity contribution in [3.05, 3.63) is 0 Å². The third-order valence-corrected chi connectivity index (χ3v) is 3.03. The predicted octanol–water partition coefficient (Wildman–Crippen LogP) is 2.67. The summed E-state index contributed by atoms with van der Waals surface area (Å²) in [5.41, 5.74) is 0. The lowest BCUT2D eigenvalue weighted by Gasteiger charge is -2.17. The number of esters is 1. The lowest BCUT2D eigenvalue weighted by Crippen LogP contribution is -2.24. The van der Waals surface area contributed by atoms with Gasteiger partial charge in [0.2, 0.25) is 0 Å². The van der Waals surface area contributed by atoms with Gasteiger partial charge in [0.1, 0.15) is 5.78 Å². The first kappa shape index (κ1) is 18.6. The topological polar surface area (TPSA) is 80.7 Å². The van der Waals surface area contributed by atoms with Crippen LogP contribution in [0.15, 0.2) is 0 Å². The van der Waals surface area contributed by atoms with E-state index in [4.69, 9.17) is 9.84 Å². The molecule has 1 N–H and O–H groups in total. The average molecular weight is 286 g/mol. The minimum atomic E-state index is -0.944. The standard InChI is InChI=1S/C15H26O5/c1-9(2)13(15(18)19)8-12(16)6-11(5)7-14(17)20-10(3)4/h9-11,13H,6-8H2,1-5H3,(H,18,19). The molecular weight excluding hydrogens is 260 g/mol. The van der Waals surface area contributed by atoms with Gasteiger partial charge >= 0.3 is 11.9 Å². The largest absolute Gasteiger partial charge is 0.481 e. The minimum absolute atomic E-state index is 0.0244. The number of hydrogen-bond donors (Lipinski definition) is 1. The van der Waals surface area contributed by atoms with E-state index < -0.39 is 11.9 Å². The Morgan fingerprint density at radius 1 is 0.950 bits per heavy atom. The molecule has 20 heavy (non-hydrogen) atoms. The van der Waals surface area contributed by atoms with Crippen molar-refractivity contribution < 1.29 is 24.2 Å². The maximum absolute atomic E-state index is 11.9. The Kier molecular flexibility index (Phi) is 8.11. The van der Waals surface area contributed by atoms with E-state index in [0.29, 0.717) is 0 Å². The van der Waals surface area contributed by atoms with Crippen LogP contribution in [0.4, 0.5) is 0 Å². The number of carboxylic acid groups (broad SMARTS) is 1. The van der Waals surface area contributed by atoms with E-state index in [0.717, 1.165) is 0 Å². The van der Waals surface area contributed by atoms with Crippen molar-refractivity contribution >= 4 is 17.7 Å². The van der Waals surface area contributed by atoms with Gasteiger partial charge in [-0.2, -0.15) is 0 Å². The predicted molar refractivity (Wildman–Crippen MR) is 75.2 cm³/mol. The number of ketones is 1. The van der Waals surface area contributed by atoms with Crippen molar-refractivity contribution in [1.82, 2.24) is 0 Å². The molecule has 0 heterocycles. The van der Waals surface area contributed by atoms with E-state index in [1.165, 1.54) is 0 Å². The van der Waals surface area contributed by atoms with Gasteiger partial charge in [0.25, 0.3) is 0 Å². The van der Waals surface area contributed by atoms with Gasteiger partial charge in [-0.05, 0) is 25.7 Å². The zero-order valence-electron chi connectivity index (χ0n) is 13.0. The number of carboxylic acids is 1. The molecule has 0 aromatic heterocycles. The summed E-state index contributed by atoms with van der Waals surface area (Å²) in [4.78, 5) is 34.4. The van der Waals surface area contributed by atoms with Gasteiger partial charge < -0.3 is 9.84 Å². The summed E-state index contributed by atoms with van der Waals surface area (Å²) in [6.07, 6.45) is 0.256. The number of carbonyl (C=O) groups excluding carboxylic acids is 2. The highest BCUT2D eigenvalue weighted by Crippen LogP contribution is 2.19. The van der Waals surface area contributed by atoms with Crippen LogP contribution in [0.2, 0.25) is 0 Å². The lowest BCUT2D eigenvalue weighted by atomic mass is 9.88. The van der Waals surface area contributed by atoms with Crippen LogP contribution in [-0.2, 0) is 19.1 Å². The SMILES string of the molecule is CC(CC(=O)CC(C(=O)O)C(C)C)CC(=O)OC(C)C. The highest BCUT2D eigenvalue weighted by Gasteiger charge is 2.25. The minimum Gasteiger partial charge on any atom is -0.481 e. The van der Waals surface area contributed by atoms with Crippen LogP contribution in [-0.4, -0.2) is 28.9 Å².